The van der Waals surface area contributed by atoms with Crippen molar-refractivity contribution in [3.63, 3.8) is 0 Å². The lowest BCUT2D eigenvalue weighted by Gasteiger charge is -2.32. The Bertz CT molecular complexity index is 441. The largest absolute Gasteiger partial charge is 0.508 e. The van der Waals surface area contributed by atoms with E-state index in [2.05, 4.69) is 0 Å². The van der Waals surface area contributed by atoms with Crippen LogP contribution >= 0.6 is 0 Å². The fourth-order valence-corrected chi connectivity index (χ4v) is 2.21. The van der Waals surface area contributed by atoms with Gasteiger partial charge >= 0.3 is 0 Å². The smallest absolute Gasteiger partial charge is 0.257 e. The molecule has 1 amide bonds. The Balaban J connectivity index is 2.11. The molecule has 1 fully saturated rings. The first-order valence-corrected chi connectivity index (χ1v) is 6.43. The van der Waals surface area contributed by atoms with Crippen molar-refractivity contribution in [1.82, 2.24) is 4.90 Å². The number of aromatic hydroxyl groups is 2. The predicted octanol–water partition coefficient (Wildman–Crippen LogP) is 2.36. The molecule has 2 rings (SSSR count). The normalized spacial score (nSPS) is 15.2. The van der Waals surface area contributed by atoms with Crippen LogP contribution in [0.1, 0.15) is 36.5 Å². The molecule has 0 heterocycles. The second-order valence-corrected chi connectivity index (χ2v) is 4.84. The lowest BCUT2D eigenvalue weighted by Crippen LogP contribution is -2.37. The number of phenolic OH excluding ortho intramolecular Hbond substituents is 2. The number of amides is 1. The highest BCUT2D eigenvalue weighted by Gasteiger charge is 2.24. The van der Waals surface area contributed by atoms with E-state index in [0.717, 1.165) is 6.54 Å². The highest BCUT2D eigenvalue weighted by atomic mass is 16.3. The summed E-state index contributed by atoms with van der Waals surface area (Å²) < 4.78 is 0. The molecule has 0 spiro atoms. The lowest BCUT2D eigenvalue weighted by atomic mass is 9.85. The first-order valence-electron chi connectivity index (χ1n) is 6.43. The Morgan fingerprint density at radius 3 is 2.61 bits per heavy atom. The number of rotatable bonds is 4. The molecule has 0 bridgehead atoms. The van der Waals surface area contributed by atoms with Crippen LogP contribution in [0.5, 0.6) is 11.5 Å². The summed E-state index contributed by atoms with van der Waals surface area (Å²) in [5, 5.41) is 18.9. The van der Waals surface area contributed by atoms with Crippen molar-refractivity contribution in [2.45, 2.75) is 26.2 Å². The van der Waals surface area contributed by atoms with Crippen LogP contribution in [0.4, 0.5) is 0 Å². The molecule has 98 valence electrons. The van der Waals surface area contributed by atoms with Crippen LogP contribution in [0, 0.1) is 5.92 Å². The summed E-state index contributed by atoms with van der Waals surface area (Å²) in [4.78, 5) is 14.0. The molecule has 1 aromatic carbocycles. The maximum Gasteiger partial charge on any atom is 0.257 e. The van der Waals surface area contributed by atoms with Gasteiger partial charge in [0.1, 0.15) is 11.5 Å². The second kappa shape index (κ2) is 5.29. The molecular weight excluding hydrogens is 230 g/mol. The lowest BCUT2D eigenvalue weighted by molar-refractivity contribution is 0.0703. The quantitative estimate of drug-likeness (QED) is 0.861. The predicted molar refractivity (Wildman–Crippen MR) is 68.7 cm³/mol. The van der Waals surface area contributed by atoms with E-state index in [1.165, 1.54) is 37.5 Å². The number of carbonyl (C=O) groups is 1. The van der Waals surface area contributed by atoms with Gasteiger partial charge in [-0.2, -0.15) is 0 Å². The van der Waals surface area contributed by atoms with E-state index in [1.807, 2.05) is 6.92 Å². The van der Waals surface area contributed by atoms with E-state index in [0.29, 0.717) is 12.5 Å². The third-order valence-electron chi connectivity index (χ3n) is 3.58. The molecule has 2 N–H and O–H groups in total. The molecule has 0 unspecified atom stereocenters. The molecule has 1 saturated carbocycles. The number of nitrogens with zero attached hydrogens (tertiary/aromatic N) is 1. The fourth-order valence-electron chi connectivity index (χ4n) is 2.21. The molecule has 1 aliphatic carbocycles. The van der Waals surface area contributed by atoms with E-state index in [4.69, 9.17) is 0 Å². The maximum absolute atomic E-state index is 12.3. The minimum Gasteiger partial charge on any atom is -0.508 e. The van der Waals surface area contributed by atoms with Crippen molar-refractivity contribution in [1.29, 1.82) is 0 Å². The maximum atomic E-state index is 12.3. The Morgan fingerprint density at radius 1 is 1.39 bits per heavy atom. The summed E-state index contributed by atoms with van der Waals surface area (Å²) in [6, 6.07) is 4.09. The number of carbonyl (C=O) groups excluding carboxylic acids is 1. The van der Waals surface area contributed by atoms with E-state index in [9.17, 15) is 15.0 Å². The van der Waals surface area contributed by atoms with Crippen LogP contribution < -0.4 is 0 Å². The Morgan fingerprint density at radius 2 is 2.11 bits per heavy atom. The van der Waals surface area contributed by atoms with Crippen molar-refractivity contribution in [2.75, 3.05) is 13.1 Å². The van der Waals surface area contributed by atoms with Gasteiger partial charge in [0.05, 0.1) is 5.56 Å². The first-order chi connectivity index (χ1) is 8.61. The minimum atomic E-state index is -0.165. The van der Waals surface area contributed by atoms with Crippen LogP contribution in [-0.2, 0) is 0 Å². The zero-order chi connectivity index (χ0) is 13.1. The number of phenols is 2. The van der Waals surface area contributed by atoms with Gasteiger partial charge in [-0.25, -0.2) is 0 Å². The monoisotopic (exact) mass is 249 g/mol. The van der Waals surface area contributed by atoms with Crippen molar-refractivity contribution in [3.8, 4) is 11.5 Å². The molecule has 0 aromatic heterocycles. The SMILES string of the molecule is CCN(CC1CCC1)C(=O)c1ccc(O)cc1O. The standard InChI is InChI=1S/C14H19NO3/c1-2-15(9-10-4-3-5-10)14(18)12-7-6-11(16)8-13(12)17/h6-8,10,16-17H,2-5,9H2,1H3. The molecule has 4 heteroatoms. The molecular formula is C14H19NO3. The summed E-state index contributed by atoms with van der Waals surface area (Å²) in [7, 11) is 0. The van der Waals surface area contributed by atoms with Gasteiger partial charge in [0.2, 0.25) is 0 Å². The van der Waals surface area contributed by atoms with Crippen LogP contribution in [0.15, 0.2) is 18.2 Å². The van der Waals surface area contributed by atoms with Gasteiger partial charge < -0.3 is 15.1 Å². The van der Waals surface area contributed by atoms with E-state index in [-0.39, 0.29) is 23.0 Å². The highest BCUT2D eigenvalue weighted by Crippen LogP contribution is 2.29. The van der Waals surface area contributed by atoms with Crippen LogP contribution in [0.25, 0.3) is 0 Å². The molecule has 0 aliphatic heterocycles. The minimum absolute atomic E-state index is 0.0360. The average Bonchev–Trinajstić information content (AvgIpc) is 2.27. The van der Waals surface area contributed by atoms with Gasteiger partial charge in [-0.3, -0.25) is 4.79 Å². The number of hydrogen-bond donors (Lipinski definition) is 2. The Labute approximate surface area is 107 Å². The van der Waals surface area contributed by atoms with E-state index < -0.39 is 0 Å². The fraction of sp³-hybridized carbons (Fsp3) is 0.500. The summed E-state index contributed by atoms with van der Waals surface area (Å²) in [6.07, 6.45) is 3.62. The van der Waals surface area contributed by atoms with Gasteiger partial charge in [0, 0.05) is 19.2 Å². The third kappa shape index (κ3) is 2.58. The highest BCUT2D eigenvalue weighted by molar-refractivity contribution is 5.97. The Kier molecular flexibility index (Phi) is 3.75. The molecule has 0 radical (unpaired) electrons. The van der Waals surface area contributed by atoms with Crippen LogP contribution in [-0.4, -0.2) is 34.1 Å². The van der Waals surface area contributed by atoms with Crippen LogP contribution in [0.2, 0.25) is 0 Å². The van der Waals surface area contributed by atoms with Gasteiger partial charge in [0.25, 0.3) is 5.91 Å². The van der Waals surface area contributed by atoms with Crippen molar-refractivity contribution >= 4 is 5.91 Å². The first kappa shape index (κ1) is 12.7. The zero-order valence-electron chi connectivity index (χ0n) is 10.6. The van der Waals surface area contributed by atoms with Gasteiger partial charge in [-0.1, -0.05) is 6.42 Å². The topological polar surface area (TPSA) is 60.8 Å². The summed E-state index contributed by atoms with van der Waals surface area (Å²) in [5.41, 5.74) is 0.258. The van der Waals surface area contributed by atoms with Crippen molar-refractivity contribution in [3.05, 3.63) is 23.8 Å². The Hall–Kier alpha value is -1.71. The third-order valence-corrected chi connectivity index (χ3v) is 3.58. The molecule has 1 aromatic rings. The molecule has 0 atom stereocenters. The average molecular weight is 249 g/mol. The molecule has 4 nitrogen and oxygen atoms in total. The van der Waals surface area contributed by atoms with E-state index in [1.54, 1.807) is 4.90 Å². The van der Waals surface area contributed by atoms with E-state index >= 15 is 0 Å². The summed E-state index contributed by atoms with van der Waals surface area (Å²) in [6.45, 7) is 3.33. The van der Waals surface area contributed by atoms with Gasteiger partial charge in [0.15, 0.2) is 0 Å². The summed E-state index contributed by atoms with van der Waals surface area (Å²) in [5.74, 6) is 0.244. The van der Waals surface area contributed by atoms with Gasteiger partial charge in [-0.15, -0.1) is 0 Å². The molecule has 0 saturated heterocycles. The number of benzene rings is 1. The van der Waals surface area contributed by atoms with Crippen LogP contribution in [0.3, 0.4) is 0 Å². The van der Waals surface area contributed by atoms with Crippen molar-refractivity contribution in [2.24, 2.45) is 5.92 Å². The molecule has 18 heavy (non-hydrogen) atoms. The summed E-state index contributed by atoms with van der Waals surface area (Å²) >= 11 is 0. The van der Waals surface area contributed by atoms with Crippen molar-refractivity contribution < 1.29 is 15.0 Å². The molecule has 1 aliphatic rings. The number of hydrogen-bond acceptors (Lipinski definition) is 3. The zero-order valence-corrected chi connectivity index (χ0v) is 10.6. The second-order valence-electron chi connectivity index (χ2n) is 4.84. The van der Waals surface area contributed by atoms with Gasteiger partial charge in [-0.05, 0) is 37.8 Å².